The molecule has 1 aromatic carbocycles. The van der Waals surface area contributed by atoms with Crippen LogP contribution in [0.15, 0.2) is 35.0 Å². The van der Waals surface area contributed by atoms with E-state index in [1.54, 1.807) is 19.0 Å². The minimum Gasteiger partial charge on any atom is -0.361 e. The molecule has 8 nitrogen and oxygen atoms in total. The van der Waals surface area contributed by atoms with Crippen molar-refractivity contribution in [3.8, 4) is 11.1 Å². The Morgan fingerprint density at radius 1 is 1.24 bits per heavy atom. The molecular formula is C28H32F2N6O2. The summed E-state index contributed by atoms with van der Waals surface area (Å²) < 4.78 is 34.7. The number of halogens is 2. The number of aryl methyl sites for hydroxylation is 2. The molecule has 1 aliphatic carbocycles. The Labute approximate surface area is 220 Å². The fraction of sp³-hybridized carbons (Fsp3) is 0.429. The molecule has 2 N–H and O–H groups in total. The Morgan fingerprint density at radius 2 is 2.03 bits per heavy atom. The van der Waals surface area contributed by atoms with Gasteiger partial charge in [0.15, 0.2) is 0 Å². The fourth-order valence-electron chi connectivity index (χ4n) is 5.39. The van der Waals surface area contributed by atoms with E-state index in [0.29, 0.717) is 31.5 Å². The first-order chi connectivity index (χ1) is 18.0. The van der Waals surface area contributed by atoms with Gasteiger partial charge in [0.1, 0.15) is 5.76 Å². The van der Waals surface area contributed by atoms with Crippen LogP contribution in [-0.4, -0.2) is 59.2 Å². The Morgan fingerprint density at radius 3 is 2.71 bits per heavy atom. The average molecular weight is 523 g/mol. The third-order valence-electron chi connectivity index (χ3n) is 7.23. The molecule has 0 bridgehead atoms. The molecule has 1 aliphatic heterocycles. The molecule has 0 saturated carbocycles. The largest absolute Gasteiger partial charge is 0.361 e. The lowest BCUT2D eigenvalue weighted by atomic mass is 9.94. The minimum absolute atomic E-state index is 0.0512. The predicted octanol–water partition coefficient (Wildman–Crippen LogP) is 4.33. The molecule has 0 spiro atoms. The number of nitrogens with one attached hydrogen (secondary N) is 2. The van der Waals surface area contributed by atoms with Crippen LogP contribution in [0.4, 0.5) is 14.7 Å². The van der Waals surface area contributed by atoms with Crippen molar-refractivity contribution in [3.63, 3.8) is 0 Å². The summed E-state index contributed by atoms with van der Waals surface area (Å²) in [6, 6.07) is 5.86. The maximum atomic E-state index is 14.7. The van der Waals surface area contributed by atoms with Crippen molar-refractivity contribution in [1.82, 2.24) is 25.3 Å². The highest BCUT2D eigenvalue weighted by atomic mass is 19.3. The van der Waals surface area contributed by atoms with Gasteiger partial charge in [0.25, 0.3) is 5.92 Å². The summed E-state index contributed by atoms with van der Waals surface area (Å²) in [6.45, 7) is 5.85. The normalized spacial score (nSPS) is 19.2. The van der Waals surface area contributed by atoms with Crippen molar-refractivity contribution in [2.45, 2.75) is 45.6 Å². The Balaban J connectivity index is 1.45. The van der Waals surface area contributed by atoms with Gasteiger partial charge in [0, 0.05) is 57.5 Å². The molecule has 200 valence electrons. The second-order valence-electron chi connectivity index (χ2n) is 10.4. The number of fused-ring (bicyclic) bond motifs is 1. The van der Waals surface area contributed by atoms with E-state index in [9.17, 15) is 13.6 Å². The lowest BCUT2D eigenvalue weighted by Crippen LogP contribution is -2.48. The molecule has 38 heavy (non-hydrogen) atoms. The van der Waals surface area contributed by atoms with Crippen molar-refractivity contribution >= 4 is 17.4 Å². The van der Waals surface area contributed by atoms with Crippen LogP contribution in [0, 0.1) is 19.8 Å². The number of nitrogens with zero attached hydrogens (tertiary/aromatic N) is 4. The number of hydrogen-bond acceptors (Lipinski definition) is 7. The van der Waals surface area contributed by atoms with Gasteiger partial charge in [-0.25, -0.2) is 18.7 Å². The number of rotatable bonds is 6. The monoisotopic (exact) mass is 522 g/mol. The number of hydrogen-bond donors (Lipinski definition) is 2. The second-order valence-corrected chi connectivity index (χ2v) is 10.4. The van der Waals surface area contributed by atoms with Gasteiger partial charge in [-0.3, -0.25) is 4.79 Å². The van der Waals surface area contributed by atoms with Crippen LogP contribution < -0.4 is 10.6 Å². The van der Waals surface area contributed by atoms with E-state index >= 15 is 0 Å². The number of carbonyl (C=O) groups excluding carboxylic acids is 1. The molecule has 1 saturated heterocycles. The number of aromatic nitrogens is 3. The summed E-state index contributed by atoms with van der Waals surface area (Å²) in [5.41, 5.74) is 5.27. The lowest BCUT2D eigenvalue weighted by molar-refractivity contribution is -0.133. The van der Waals surface area contributed by atoms with Crippen molar-refractivity contribution < 1.29 is 18.1 Å². The summed E-state index contributed by atoms with van der Waals surface area (Å²) in [7, 11) is 3.48. The first-order valence-corrected chi connectivity index (χ1v) is 12.7. The minimum atomic E-state index is -3.12. The molecule has 3 heterocycles. The topological polar surface area (TPSA) is 96.2 Å². The van der Waals surface area contributed by atoms with Gasteiger partial charge < -0.3 is 20.1 Å². The Kier molecular flexibility index (Phi) is 6.77. The van der Waals surface area contributed by atoms with E-state index in [1.165, 1.54) is 6.20 Å². The summed E-state index contributed by atoms with van der Waals surface area (Å²) >= 11 is 0. The second kappa shape index (κ2) is 9.90. The number of piperidine rings is 1. The van der Waals surface area contributed by atoms with Crippen molar-refractivity contribution in [2.75, 3.05) is 32.5 Å². The predicted molar refractivity (Wildman–Crippen MR) is 141 cm³/mol. The standard InChI is InChI=1S/C28H32F2N6O2/c1-15-24(16(2)38-35-15)18-7-8-21-17(10-18)6-9-22(21)25-23(28(3,29)30)14-32-27(34-25)33-20-11-19(12-31-13-20)26(37)36(4)5/h7-10,14,19-20,31H,6,11-13H2,1-5H3,(H,32,33,34)/t19-,20+/m1/s1. The van der Waals surface area contributed by atoms with Crippen LogP contribution in [0.3, 0.4) is 0 Å². The molecule has 0 radical (unpaired) electrons. The van der Waals surface area contributed by atoms with Crippen LogP contribution in [0.1, 0.15) is 47.2 Å². The van der Waals surface area contributed by atoms with E-state index in [0.717, 1.165) is 40.6 Å². The van der Waals surface area contributed by atoms with Gasteiger partial charge >= 0.3 is 0 Å². The smallest absolute Gasteiger partial charge is 0.274 e. The number of anilines is 1. The van der Waals surface area contributed by atoms with Crippen LogP contribution in [-0.2, 0) is 17.1 Å². The maximum Gasteiger partial charge on any atom is 0.274 e. The third kappa shape index (κ3) is 4.92. The first-order valence-electron chi connectivity index (χ1n) is 12.7. The third-order valence-corrected chi connectivity index (χ3v) is 7.23. The maximum absolute atomic E-state index is 14.7. The lowest BCUT2D eigenvalue weighted by Gasteiger charge is -2.31. The van der Waals surface area contributed by atoms with Gasteiger partial charge in [-0.1, -0.05) is 29.4 Å². The fourth-order valence-corrected chi connectivity index (χ4v) is 5.39. The molecule has 10 heteroatoms. The van der Waals surface area contributed by atoms with E-state index in [-0.39, 0.29) is 35.1 Å². The van der Waals surface area contributed by atoms with Crippen LogP contribution in [0.5, 0.6) is 0 Å². The zero-order valence-electron chi connectivity index (χ0n) is 22.2. The molecule has 5 rings (SSSR count). The molecule has 1 amide bonds. The van der Waals surface area contributed by atoms with E-state index in [4.69, 9.17) is 4.52 Å². The quantitative estimate of drug-likeness (QED) is 0.498. The van der Waals surface area contributed by atoms with Crippen molar-refractivity contribution in [1.29, 1.82) is 0 Å². The van der Waals surface area contributed by atoms with E-state index < -0.39 is 5.92 Å². The SMILES string of the molecule is Cc1noc(C)c1-c1ccc2c(c1)CC=C2c1nc(N[C@@H]2CNC[C@H](C(=O)N(C)C)C2)ncc1C(C)(F)F. The number of allylic oxidation sites excluding steroid dienone is 1. The van der Waals surface area contributed by atoms with Crippen LogP contribution in [0.25, 0.3) is 16.7 Å². The number of benzene rings is 1. The summed E-state index contributed by atoms with van der Waals surface area (Å²) in [6.07, 6.45) is 4.35. The Hall–Kier alpha value is -3.66. The van der Waals surface area contributed by atoms with E-state index in [2.05, 4.69) is 31.8 Å². The zero-order valence-corrected chi connectivity index (χ0v) is 22.2. The molecule has 2 atom stereocenters. The molecule has 1 fully saturated rings. The molecular weight excluding hydrogens is 490 g/mol. The number of amides is 1. The summed E-state index contributed by atoms with van der Waals surface area (Å²) in [5, 5.41) is 10.6. The van der Waals surface area contributed by atoms with Crippen molar-refractivity contribution in [2.24, 2.45) is 5.92 Å². The highest BCUT2D eigenvalue weighted by Crippen LogP contribution is 2.40. The van der Waals surface area contributed by atoms with Gasteiger partial charge in [0.05, 0.1) is 22.9 Å². The highest BCUT2D eigenvalue weighted by molar-refractivity contribution is 5.86. The number of carbonyl (C=O) groups is 1. The van der Waals surface area contributed by atoms with Gasteiger partial charge in [-0.2, -0.15) is 0 Å². The van der Waals surface area contributed by atoms with Gasteiger partial charge in [-0.05, 0) is 43.4 Å². The summed E-state index contributed by atoms with van der Waals surface area (Å²) in [5.74, 6) is -2.25. The number of alkyl halides is 2. The summed E-state index contributed by atoms with van der Waals surface area (Å²) in [4.78, 5) is 22.9. The average Bonchev–Trinajstić information content (AvgIpc) is 3.44. The van der Waals surface area contributed by atoms with E-state index in [1.807, 2.05) is 32.1 Å². The van der Waals surface area contributed by atoms with Crippen LogP contribution in [0.2, 0.25) is 0 Å². The van der Waals surface area contributed by atoms with Crippen LogP contribution >= 0.6 is 0 Å². The zero-order chi connectivity index (χ0) is 27.2. The highest BCUT2D eigenvalue weighted by Gasteiger charge is 2.34. The van der Waals surface area contributed by atoms with Crippen molar-refractivity contribution in [3.05, 3.63) is 64.3 Å². The molecule has 0 unspecified atom stereocenters. The molecule has 2 aliphatic rings. The molecule has 3 aromatic rings. The van der Waals surface area contributed by atoms with Gasteiger partial charge in [-0.15, -0.1) is 0 Å². The van der Waals surface area contributed by atoms with Gasteiger partial charge in [0.2, 0.25) is 11.9 Å². The first kappa shape index (κ1) is 26.0. The molecule has 2 aromatic heterocycles. The Bertz CT molecular complexity index is 1390.